The number of allylic oxidation sites excluding steroid dienone is 4. The Kier molecular flexibility index (Phi) is 13.9. The van der Waals surface area contributed by atoms with Crippen LogP contribution in [-0.2, 0) is 12.4 Å². The highest BCUT2D eigenvalue weighted by Crippen LogP contribution is 2.65. The smallest absolute Gasteiger partial charge is 0.201 e. The van der Waals surface area contributed by atoms with E-state index in [2.05, 4.69) is 19.9 Å². The summed E-state index contributed by atoms with van der Waals surface area (Å²) in [5, 5.41) is 45.0. The molecule has 0 bridgehead atoms. The van der Waals surface area contributed by atoms with Crippen LogP contribution in [0.15, 0.2) is 48.5 Å². The molecule has 8 nitrogen and oxygen atoms in total. The van der Waals surface area contributed by atoms with Gasteiger partial charge in [-0.05, 0) is 57.7 Å². The number of pyridine rings is 4. The third kappa shape index (κ3) is 8.55. The number of nitriles is 4. The molecule has 7 aromatic rings. The van der Waals surface area contributed by atoms with E-state index in [0.29, 0.717) is 24.3 Å². The second-order valence-electron chi connectivity index (χ2n) is 17.4. The molecule has 0 radical (unpaired) electrons. The Morgan fingerprint density at radius 1 is 0.341 bits per heavy atom. The van der Waals surface area contributed by atoms with Crippen molar-refractivity contribution in [1.82, 2.24) is 19.9 Å². The van der Waals surface area contributed by atoms with Gasteiger partial charge < -0.3 is 0 Å². The molecule has 0 N–H and O–H groups in total. The summed E-state index contributed by atoms with van der Waals surface area (Å²) in [6.45, 7) is 0. The van der Waals surface area contributed by atoms with E-state index in [0.717, 1.165) is 0 Å². The van der Waals surface area contributed by atoms with E-state index < -0.39 is 230 Å². The molecule has 0 fully saturated rings. The van der Waals surface area contributed by atoms with Crippen molar-refractivity contribution in [2.45, 2.75) is 36.0 Å². The van der Waals surface area contributed by atoms with Gasteiger partial charge in [0.05, 0.1) is 33.4 Å². The van der Waals surface area contributed by atoms with Crippen LogP contribution in [0.2, 0.25) is 0 Å². The van der Waals surface area contributed by atoms with Crippen molar-refractivity contribution in [3.05, 3.63) is 221 Å². The molecule has 2 aliphatic carbocycles. The molecule has 0 saturated heterocycles. The van der Waals surface area contributed by atoms with Crippen LogP contribution in [0.3, 0.4) is 0 Å². The van der Waals surface area contributed by atoms with Gasteiger partial charge in [-0.3, -0.25) is 0 Å². The van der Waals surface area contributed by atoms with Crippen LogP contribution in [0.5, 0.6) is 0 Å². The Hall–Kier alpha value is -9.84. The first kappa shape index (κ1) is 56.9. The molecule has 2 unspecified atom stereocenters. The molecule has 9 rings (SSSR count). The van der Waals surface area contributed by atoms with Crippen LogP contribution < -0.4 is 0 Å². The topological polar surface area (TPSA) is 147 Å². The highest BCUT2D eigenvalue weighted by atomic mass is 19.4. The molecule has 0 amide bonds. The molecule has 0 spiro atoms. The van der Waals surface area contributed by atoms with Crippen LogP contribution in [-0.4, -0.2) is 19.9 Å². The lowest BCUT2D eigenvalue weighted by molar-refractivity contribution is -0.138. The van der Waals surface area contributed by atoms with E-state index in [-0.39, 0.29) is 24.3 Å². The SMILES string of the molecule is N#CC1=C(c2ccc(C(F)(F)F)cc2)C(C(c2c(F)c(F)nc(F)c2F)c2c(F)c(F)nc(F)c2F)c2c(C#N)c3c(c(C#N)c21)C(C(c1c(F)c(F)nc(F)c1F)c1c(F)c(F)nc(F)c1F)C(c1ccc(C(F)(F)F)cc1)=C3C#N. The van der Waals surface area contributed by atoms with Crippen LogP contribution in [0.4, 0.5) is 96.6 Å². The number of rotatable bonds is 8. The lowest BCUT2D eigenvalue weighted by Gasteiger charge is -2.32. The molecule has 2 aliphatic rings. The van der Waals surface area contributed by atoms with Crippen molar-refractivity contribution in [2.24, 2.45) is 0 Å². The number of hydrogen-bond acceptors (Lipinski definition) is 8. The molecular formula is C52H12F22N8. The average molecular weight is 1170 g/mol. The second-order valence-corrected chi connectivity index (χ2v) is 17.4. The maximum atomic E-state index is 16.5. The Labute approximate surface area is 440 Å². The molecular weight excluding hydrogens is 1150 g/mol. The average Bonchev–Trinajstić information content (AvgIpc) is 1.72. The van der Waals surface area contributed by atoms with Gasteiger partial charge in [0.1, 0.15) is 24.3 Å². The largest absolute Gasteiger partial charge is 0.416 e. The van der Waals surface area contributed by atoms with Gasteiger partial charge in [0.15, 0.2) is 46.5 Å². The number of hydrogen-bond donors (Lipinski definition) is 0. The van der Waals surface area contributed by atoms with Crippen molar-refractivity contribution in [1.29, 1.82) is 21.0 Å². The molecule has 414 valence electrons. The van der Waals surface area contributed by atoms with Crippen molar-refractivity contribution in [3.8, 4) is 24.3 Å². The lowest BCUT2D eigenvalue weighted by atomic mass is 9.69. The Morgan fingerprint density at radius 3 is 0.744 bits per heavy atom. The minimum absolute atomic E-state index is 0.155. The molecule has 2 atom stereocenters. The third-order valence-corrected chi connectivity index (χ3v) is 13.4. The fourth-order valence-electron chi connectivity index (χ4n) is 10.3. The maximum absolute atomic E-state index is 16.5. The summed E-state index contributed by atoms with van der Waals surface area (Å²) in [6, 6.07) is 7.33. The standard InChI is InChI=1S/C52H12F22N8/c53-35-31(36(54)44(62)79-43(35)61)29(32-37(55)45(63)80-46(64)38(32)56)27-21(13-1-5-15(6-2-13)51(69,70)71)17(9-75)23-19(11-77)26-24(20(12-78)25(23)27)18(10-76)22(14-3-7-16(8-4-14)52(72,73)74)28(26)30(33-39(57)47(65)81-48(66)40(33)58)34-41(59)49(67)82-50(68)42(34)60/h1-8,27-30H. The van der Waals surface area contributed by atoms with Crippen molar-refractivity contribution in [2.75, 3.05) is 0 Å². The quantitative estimate of drug-likeness (QED) is 0.108. The van der Waals surface area contributed by atoms with E-state index >= 15 is 70.2 Å². The number of nitrogens with zero attached hydrogens (tertiary/aromatic N) is 8. The van der Waals surface area contributed by atoms with Gasteiger partial charge in [0.25, 0.3) is 47.6 Å². The van der Waals surface area contributed by atoms with Gasteiger partial charge in [-0.2, -0.15) is 102 Å². The number of fused-ring (bicyclic) bond motifs is 2. The summed E-state index contributed by atoms with van der Waals surface area (Å²) in [5.74, 6) is -58.5. The van der Waals surface area contributed by atoms with Crippen LogP contribution in [0.25, 0.3) is 22.3 Å². The predicted octanol–water partition coefficient (Wildman–Crippen LogP) is 14.0. The monoisotopic (exact) mass is 1170 g/mol. The zero-order valence-corrected chi connectivity index (χ0v) is 38.8. The van der Waals surface area contributed by atoms with Gasteiger partial charge >= 0.3 is 12.4 Å². The van der Waals surface area contributed by atoms with Crippen LogP contribution in [0.1, 0.15) is 102 Å². The second kappa shape index (κ2) is 20.1. The fraction of sp³-hybridized carbons (Fsp3) is 0.115. The zero-order chi connectivity index (χ0) is 60.3. The molecule has 0 aliphatic heterocycles. The van der Waals surface area contributed by atoms with E-state index in [4.69, 9.17) is 0 Å². The normalized spacial score (nSPS) is 15.0. The zero-order valence-electron chi connectivity index (χ0n) is 38.8. The van der Waals surface area contributed by atoms with Crippen LogP contribution in [0, 0.1) is 139 Å². The van der Waals surface area contributed by atoms with Gasteiger partial charge in [-0.15, -0.1) is 0 Å². The number of aromatic nitrogens is 4. The molecule has 30 heteroatoms. The summed E-state index contributed by atoms with van der Waals surface area (Å²) in [4.78, 5) is 9.19. The Balaban J connectivity index is 1.59. The molecule has 4 heterocycles. The minimum atomic E-state index is -5.29. The van der Waals surface area contributed by atoms with Crippen molar-refractivity contribution >= 4 is 22.3 Å². The first-order chi connectivity index (χ1) is 38.5. The summed E-state index contributed by atoms with van der Waals surface area (Å²) < 4.78 is 340. The van der Waals surface area contributed by atoms with E-state index in [9.17, 15) is 47.4 Å². The molecule has 4 aromatic heterocycles. The van der Waals surface area contributed by atoms with E-state index in [1.807, 2.05) is 0 Å². The predicted molar refractivity (Wildman–Crippen MR) is 229 cm³/mol. The summed E-state index contributed by atoms with van der Waals surface area (Å²) in [5.41, 5.74) is -29.5. The Bertz CT molecular complexity index is 3720. The summed E-state index contributed by atoms with van der Waals surface area (Å²) in [7, 11) is 0. The van der Waals surface area contributed by atoms with Gasteiger partial charge in [-0.25, -0.2) is 35.1 Å². The number of halogens is 22. The minimum Gasteiger partial charge on any atom is -0.201 e. The summed E-state index contributed by atoms with van der Waals surface area (Å²) in [6.07, 6.45) is -10.6. The number of alkyl halides is 6. The van der Waals surface area contributed by atoms with Gasteiger partial charge in [-0.1, -0.05) is 24.3 Å². The Morgan fingerprint density at radius 2 is 0.561 bits per heavy atom. The first-order valence-electron chi connectivity index (χ1n) is 22.0. The molecule has 0 saturated carbocycles. The highest BCUT2D eigenvalue weighted by Gasteiger charge is 2.54. The lowest BCUT2D eigenvalue weighted by Crippen LogP contribution is -2.25. The van der Waals surface area contributed by atoms with Crippen LogP contribution >= 0.6 is 0 Å². The first-order valence-corrected chi connectivity index (χ1v) is 22.0. The maximum Gasteiger partial charge on any atom is 0.416 e. The fourth-order valence-corrected chi connectivity index (χ4v) is 10.3. The highest BCUT2D eigenvalue weighted by molar-refractivity contribution is 6.13. The number of benzene rings is 3. The molecule has 3 aromatic carbocycles. The molecule has 82 heavy (non-hydrogen) atoms. The van der Waals surface area contributed by atoms with E-state index in [1.165, 1.54) is 24.3 Å². The third-order valence-electron chi connectivity index (χ3n) is 13.4. The van der Waals surface area contributed by atoms with Crippen molar-refractivity contribution in [3.63, 3.8) is 0 Å². The van der Waals surface area contributed by atoms with Gasteiger partial charge in [0.2, 0.25) is 0 Å². The van der Waals surface area contributed by atoms with E-state index in [1.54, 1.807) is 0 Å². The van der Waals surface area contributed by atoms with Gasteiger partial charge in [0, 0.05) is 57.1 Å². The van der Waals surface area contributed by atoms with Crippen molar-refractivity contribution < 1.29 is 96.6 Å². The summed E-state index contributed by atoms with van der Waals surface area (Å²) >= 11 is 0.